The van der Waals surface area contributed by atoms with Gasteiger partial charge in [-0.15, -0.1) is 0 Å². The Kier molecular flexibility index (Phi) is 3.87. The average molecular weight is 294 g/mol. The van der Waals surface area contributed by atoms with Crippen molar-refractivity contribution in [1.29, 1.82) is 0 Å². The first-order valence-electron chi connectivity index (χ1n) is 5.31. The number of nitrogens with zero attached hydrogens (tertiary/aromatic N) is 1. The van der Waals surface area contributed by atoms with Crippen molar-refractivity contribution in [2.75, 3.05) is 0 Å². The summed E-state index contributed by atoms with van der Waals surface area (Å²) in [6, 6.07) is 6.51. The largest absolute Gasteiger partial charge is 0.508 e. The summed E-state index contributed by atoms with van der Waals surface area (Å²) in [5, 5.41) is 10.4. The molecule has 0 aromatic heterocycles. The number of aromatic hydroxyl groups is 1. The van der Waals surface area contributed by atoms with Crippen LogP contribution in [-0.4, -0.2) is 26.3 Å². The van der Waals surface area contributed by atoms with Gasteiger partial charge in [-0.3, -0.25) is 15.0 Å². The predicted octanol–water partition coefficient (Wildman–Crippen LogP) is 1.64. The number of carbonyl (C=O) groups excluding carboxylic acids is 2. The van der Waals surface area contributed by atoms with Crippen LogP contribution < -0.4 is 5.43 Å². The van der Waals surface area contributed by atoms with Crippen LogP contribution in [0, 0.1) is 0 Å². The second-order valence-corrected chi connectivity index (χ2v) is 5.46. The van der Waals surface area contributed by atoms with Crippen LogP contribution in [0.25, 0.3) is 6.08 Å². The van der Waals surface area contributed by atoms with Crippen molar-refractivity contribution in [2.45, 2.75) is 6.92 Å². The lowest BCUT2D eigenvalue weighted by Crippen LogP contribution is -2.43. The molecular weight excluding hydrogens is 284 g/mol. The summed E-state index contributed by atoms with van der Waals surface area (Å²) < 4.78 is 0.270. The van der Waals surface area contributed by atoms with E-state index in [1.165, 1.54) is 13.0 Å². The highest BCUT2D eigenvalue weighted by Gasteiger charge is 2.32. The second kappa shape index (κ2) is 5.41. The number of phenols is 1. The van der Waals surface area contributed by atoms with E-state index in [2.05, 4.69) is 5.43 Å². The smallest absolute Gasteiger partial charge is 0.285 e. The number of hydrogen-bond acceptors (Lipinski definition) is 5. The van der Waals surface area contributed by atoms with Crippen molar-refractivity contribution in [3.8, 4) is 5.75 Å². The lowest BCUT2D eigenvalue weighted by molar-refractivity contribution is -0.131. The molecule has 1 heterocycles. The van der Waals surface area contributed by atoms with Gasteiger partial charge in [0.25, 0.3) is 5.91 Å². The van der Waals surface area contributed by atoms with Crippen LogP contribution in [-0.2, 0) is 9.59 Å². The van der Waals surface area contributed by atoms with Gasteiger partial charge in [0.05, 0.1) is 4.91 Å². The Morgan fingerprint density at radius 3 is 2.89 bits per heavy atom. The molecule has 0 unspecified atom stereocenters. The van der Waals surface area contributed by atoms with Gasteiger partial charge in [-0.2, -0.15) is 5.01 Å². The van der Waals surface area contributed by atoms with Crippen molar-refractivity contribution in [3.05, 3.63) is 34.7 Å². The molecule has 1 saturated heterocycles. The highest BCUT2D eigenvalue weighted by atomic mass is 32.2. The van der Waals surface area contributed by atoms with Crippen molar-refractivity contribution in [2.24, 2.45) is 0 Å². The first-order chi connectivity index (χ1) is 8.97. The number of thioether (sulfide) groups is 1. The zero-order valence-corrected chi connectivity index (χ0v) is 11.5. The van der Waals surface area contributed by atoms with Crippen LogP contribution in [0.4, 0.5) is 0 Å². The number of carbonyl (C=O) groups is 2. The van der Waals surface area contributed by atoms with E-state index in [4.69, 9.17) is 12.2 Å². The minimum Gasteiger partial charge on any atom is -0.508 e. The predicted molar refractivity (Wildman–Crippen MR) is 76.9 cm³/mol. The van der Waals surface area contributed by atoms with Crippen molar-refractivity contribution in [1.82, 2.24) is 10.4 Å². The zero-order chi connectivity index (χ0) is 14.0. The van der Waals surface area contributed by atoms with E-state index in [1.54, 1.807) is 24.3 Å². The summed E-state index contributed by atoms with van der Waals surface area (Å²) >= 11 is 6.12. The summed E-state index contributed by atoms with van der Waals surface area (Å²) in [5.74, 6) is -0.630. The molecule has 0 saturated carbocycles. The first kappa shape index (κ1) is 13.6. The maximum Gasteiger partial charge on any atom is 0.285 e. The molecule has 0 aliphatic carbocycles. The molecule has 19 heavy (non-hydrogen) atoms. The van der Waals surface area contributed by atoms with E-state index in [9.17, 15) is 14.7 Å². The Morgan fingerprint density at radius 1 is 1.53 bits per heavy atom. The molecule has 2 amide bonds. The van der Waals surface area contributed by atoms with E-state index in [0.29, 0.717) is 10.5 Å². The standard InChI is InChI=1S/C12H10N2O3S2/c1-7(15)13-14-11(17)10(19-12(14)18)6-8-3-2-4-9(16)5-8/h2-6,16H,1H3,(H,13,15). The molecule has 0 spiro atoms. The van der Waals surface area contributed by atoms with Crippen molar-refractivity contribution < 1.29 is 14.7 Å². The van der Waals surface area contributed by atoms with Gasteiger partial charge in [-0.25, -0.2) is 0 Å². The highest BCUT2D eigenvalue weighted by molar-refractivity contribution is 8.26. The maximum absolute atomic E-state index is 12.0. The third kappa shape index (κ3) is 3.12. The van der Waals surface area contributed by atoms with Gasteiger partial charge in [0.2, 0.25) is 5.91 Å². The maximum atomic E-state index is 12.0. The molecule has 1 aliphatic heterocycles. The van der Waals surface area contributed by atoms with Gasteiger partial charge >= 0.3 is 0 Å². The SMILES string of the molecule is CC(=O)NN1C(=O)C(=Cc2cccc(O)c2)SC1=S. The fraction of sp³-hybridized carbons (Fsp3) is 0.0833. The molecule has 0 atom stereocenters. The molecule has 1 aromatic carbocycles. The number of hydrazine groups is 1. The topological polar surface area (TPSA) is 69.6 Å². The first-order valence-corrected chi connectivity index (χ1v) is 6.54. The molecule has 1 aliphatic rings. The summed E-state index contributed by atoms with van der Waals surface area (Å²) in [4.78, 5) is 23.4. The van der Waals surface area contributed by atoms with Gasteiger partial charge in [0, 0.05) is 6.92 Å². The lowest BCUT2D eigenvalue weighted by Gasteiger charge is -2.13. The minimum atomic E-state index is -0.381. The normalized spacial score (nSPS) is 17.1. The lowest BCUT2D eigenvalue weighted by atomic mass is 10.2. The molecule has 2 N–H and O–H groups in total. The molecule has 1 aromatic rings. The van der Waals surface area contributed by atoms with E-state index in [1.807, 2.05) is 0 Å². The second-order valence-electron chi connectivity index (χ2n) is 3.78. The van der Waals surface area contributed by atoms with E-state index < -0.39 is 0 Å². The third-order valence-electron chi connectivity index (χ3n) is 2.23. The number of rotatable bonds is 2. The minimum absolute atomic E-state index is 0.117. The van der Waals surface area contributed by atoms with Crippen LogP contribution >= 0.6 is 24.0 Å². The van der Waals surface area contributed by atoms with E-state index in [0.717, 1.165) is 16.8 Å². The number of hydrogen-bond donors (Lipinski definition) is 2. The fourth-order valence-corrected chi connectivity index (χ4v) is 2.67. The van der Waals surface area contributed by atoms with Crippen LogP contribution in [0.1, 0.15) is 12.5 Å². The molecular formula is C12H10N2O3S2. The Balaban J connectivity index is 2.25. The zero-order valence-electron chi connectivity index (χ0n) is 9.91. The third-order valence-corrected chi connectivity index (χ3v) is 3.53. The van der Waals surface area contributed by atoms with Crippen LogP contribution in [0.15, 0.2) is 29.2 Å². The number of phenolic OH excluding ortho intramolecular Hbond substituents is 1. The van der Waals surface area contributed by atoms with Gasteiger partial charge in [0.1, 0.15) is 5.75 Å². The molecule has 2 rings (SSSR count). The van der Waals surface area contributed by atoms with Gasteiger partial charge < -0.3 is 5.11 Å². The Labute approximate surface area is 119 Å². The molecule has 98 valence electrons. The monoisotopic (exact) mass is 294 g/mol. The fourth-order valence-electron chi connectivity index (χ4n) is 1.49. The van der Waals surface area contributed by atoms with E-state index in [-0.39, 0.29) is 21.9 Å². The molecule has 0 radical (unpaired) electrons. The Hall–Kier alpha value is -1.86. The molecule has 5 nitrogen and oxygen atoms in total. The van der Waals surface area contributed by atoms with Gasteiger partial charge in [0.15, 0.2) is 4.32 Å². The quantitative estimate of drug-likeness (QED) is 0.641. The number of nitrogens with one attached hydrogen (secondary N) is 1. The van der Waals surface area contributed by atoms with Crippen molar-refractivity contribution >= 4 is 46.2 Å². The van der Waals surface area contributed by atoms with E-state index >= 15 is 0 Å². The summed E-state index contributed by atoms with van der Waals surface area (Å²) in [7, 11) is 0. The van der Waals surface area contributed by atoms with Crippen LogP contribution in [0.3, 0.4) is 0 Å². The van der Waals surface area contributed by atoms with Crippen LogP contribution in [0.5, 0.6) is 5.75 Å². The number of benzene rings is 1. The number of amides is 2. The molecule has 0 bridgehead atoms. The highest BCUT2D eigenvalue weighted by Crippen LogP contribution is 2.31. The summed E-state index contributed by atoms with van der Waals surface area (Å²) in [5.41, 5.74) is 3.04. The molecule has 1 fully saturated rings. The molecule has 7 heteroatoms. The summed E-state index contributed by atoms with van der Waals surface area (Å²) in [6.07, 6.45) is 1.61. The average Bonchev–Trinajstić information content (AvgIpc) is 2.57. The number of thiocarbonyl (C=S) groups is 1. The van der Waals surface area contributed by atoms with Crippen molar-refractivity contribution in [3.63, 3.8) is 0 Å². The van der Waals surface area contributed by atoms with Gasteiger partial charge in [-0.05, 0) is 36.0 Å². The summed E-state index contributed by atoms with van der Waals surface area (Å²) in [6.45, 7) is 1.30. The Bertz CT molecular complexity index is 598. The van der Waals surface area contributed by atoms with Crippen LogP contribution in [0.2, 0.25) is 0 Å². The Morgan fingerprint density at radius 2 is 2.26 bits per heavy atom. The van der Waals surface area contributed by atoms with Gasteiger partial charge in [-0.1, -0.05) is 23.9 Å².